The maximum absolute atomic E-state index is 5.82. The summed E-state index contributed by atoms with van der Waals surface area (Å²) in [6.45, 7) is 0. The number of rotatable bonds is 3. The lowest BCUT2D eigenvalue weighted by atomic mass is 10.0. The number of aromatic nitrogens is 1. The molecular formula is C21H15NO. The fourth-order valence-corrected chi connectivity index (χ4v) is 2.60. The van der Waals surface area contributed by atoms with Gasteiger partial charge >= 0.3 is 0 Å². The van der Waals surface area contributed by atoms with Crippen molar-refractivity contribution in [2.45, 2.75) is 0 Å². The Hall–Kier alpha value is -3.13. The summed E-state index contributed by atoms with van der Waals surface area (Å²) < 4.78 is 5.82. The Balaban J connectivity index is 1.72. The van der Waals surface area contributed by atoms with E-state index in [1.165, 1.54) is 11.1 Å². The number of nitrogens with zero attached hydrogens (tertiary/aromatic N) is 1. The van der Waals surface area contributed by atoms with Gasteiger partial charge in [0, 0.05) is 17.6 Å². The van der Waals surface area contributed by atoms with E-state index in [1.54, 1.807) is 0 Å². The average Bonchev–Trinajstić information content (AvgIpc) is 2.63. The van der Waals surface area contributed by atoms with Crippen LogP contribution in [0.15, 0.2) is 91.1 Å². The van der Waals surface area contributed by atoms with E-state index in [4.69, 9.17) is 4.74 Å². The second-order valence-corrected chi connectivity index (χ2v) is 5.37. The number of pyridine rings is 1. The van der Waals surface area contributed by atoms with E-state index in [1.807, 2.05) is 48.7 Å². The second kappa shape index (κ2) is 5.93. The molecular weight excluding hydrogens is 282 g/mol. The van der Waals surface area contributed by atoms with Gasteiger partial charge in [0.25, 0.3) is 0 Å². The summed E-state index contributed by atoms with van der Waals surface area (Å²) in [6.07, 6.45) is 1.85. The Labute approximate surface area is 135 Å². The number of benzene rings is 3. The van der Waals surface area contributed by atoms with E-state index in [2.05, 4.69) is 47.4 Å². The first-order valence-corrected chi connectivity index (χ1v) is 7.57. The van der Waals surface area contributed by atoms with Crippen LogP contribution in [0, 0.1) is 0 Å². The smallest absolute Gasteiger partial charge is 0.219 e. The zero-order valence-corrected chi connectivity index (χ0v) is 12.5. The molecule has 0 atom stereocenters. The number of ether oxygens (including phenoxy) is 1. The number of fused-ring (bicyclic) bond motifs is 1. The Morgan fingerprint density at radius 3 is 2.13 bits per heavy atom. The van der Waals surface area contributed by atoms with E-state index < -0.39 is 0 Å². The van der Waals surface area contributed by atoms with Crippen molar-refractivity contribution in [2.75, 3.05) is 0 Å². The van der Waals surface area contributed by atoms with Gasteiger partial charge in [-0.3, -0.25) is 0 Å². The highest BCUT2D eigenvalue weighted by molar-refractivity contribution is 5.87. The minimum absolute atomic E-state index is 0.605. The largest absolute Gasteiger partial charge is 0.439 e. The van der Waals surface area contributed by atoms with Crippen molar-refractivity contribution in [3.8, 4) is 22.8 Å². The lowest BCUT2D eigenvalue weighted by Gasteiger charge is -2.07. The number of para-hydroxylation sites is 1. The molecule has 0 aliphatic carbocycles. The number of hydrogen-bond acceptors (Lipinski definition) is 2. The Morgan fingerprint density at radius 1 is 0.609 bits per heavy atom. The molecule has 0 saturated carbocycles. The first-order chi connectivity index (χ1) is 11.4. The molecule has 0 unspecified atom stereocenters. The molecule has 0 aliphatic heterocycles. The summed E-state index contributed by atoms with van der Waals surface area (Å²) in [6, 6.07) is 28.4. The molecule has 0 fully saturated rings. The highest BCUT2D eigenvalue weighted by Crippen LogP contribution is 2.27. The van der Waals surface area contributed by atoms with Crippen LogP contribution >= 0.6 is 0 Å². The van der Waals surface area contributed by atoms with Crippen LogP contribution in [-0.2, 0) is 0 Å². The minimum Gasteiger partial charge on any atom is -0.439 e. The van der Waals surface area contributed by atoms with Gasteiger partial charge in [-0.15, -0.1) is 0 Å². The van der Waals surface area contributed by atoms with E-state index >= 15 is 0 Å². The van der Waals surface area contributed by atoms with Crippen molar-refractivity contribution in [1.82, 2.24) is 4.98 Å². The fourth-order valence-electron chi connectivity index (χ4n) is 2.60. The van der Waals surface area contributed by atoms with Crippen LogP contribution < -0.4 is 4.74 Å². The maximum atomic E-state index is 5.82. The third-order valence-corrected chi connectivity index (χ3v) is 3.77. The van der Waals surface area contributed by atoms with Crippen LogP contribution in [-0.4, -0.2) is 4.98 Å². The molecule has 2 heteroatoms. The highest BCUT2D eigenvalue weighted by atomic mass is 16.5. The lowest BCUT2D eigenvalue weighted by molar-refractivity contribution is 0.464. The van der Waals surface area contributed by atoms with Gasteiger partial charge in [-0.25, -0.2) is 4.98 Å². The summed E-state index contributed by atoms with van der Waals surface area (Å²) in [5.41, 5.74) is 2.40. The molecule has 1 heterocycles. The molecule has 2 nitrogen and oxygen atoms in total. The van der Waals surface area contributed by atoms with Gasteiger partial charge < -0.3 is 4.74 Å². The molecule has 23 heavy (non-hydrogen) atoms. The zero-order valence-electron chi connectivity index (χ0n) is 12.5. The third-order valence-electron chi connectivity index (χ3n) is 3.77. The summed E-state index contributed by atoms with van der Waals surface area (Å²) in [4.78, 5) is 4.38. The molecule has 4 rings (SSSR count). The molecule has 0 N–H and O–H groups in total. The molecule has 0 spiro atoms. The third kappa shape index (κ3) is 2.92. The second-order valence-electron chi connectivity index (χ2n) is 5.37. The van der Waals surface area contributed by atoms with Crippen LogP contribution in [0.1, 0.15) is 0 Å². The van der Waals surface area contributed by atoms with Gasteiger partial charge in [0.15, 0.2) is 0 Å². The molecule has 3 aromatic carbocycles. The van der Waals surface area contributed by atoms with Crippen LogP contribution in [0.3, 0.4) is 0 Å². The van der Waals surface area contributed by atoms with Crippen LogP contribution in [0.5, 0.6) is 11.6 Å². The zero-order chi connectivity index (χ0) is 15.5. The van der Waals surface area contributed by atoms with Gasteiger partial charge in [-0.05, 0) is 34.7 Å². The Kier molecular flexibility index (Phi) is 3.49. The van der Waals surface area contributed by atoms with Crippen LogP contribution in [0.4, 0.5) is 0 Å². The monoisotopic (exact) mass is 297 g/mol. The predicted molar refractivity (Wildman–Crippen MR) is 93.7 cm³/mol. The van der Waals surface area contributed by atoms with E-state index in [0.29, 0.717) is 5.88 Å². The quantitative estimate of drug-likeness (QED) is 0.484. The van der Waals surface area contributed by atoms with Crippen LogP contribution in [0.25, 0.3) is 21.9 Å². The van der Waals surface area contributed by atoms with Crippen molar-refractivity contribution in [2.24, 2.45) is 0 Å². The van der Waals surface area contributed by atoms with Crippen molar-refractivity contribution < 1.29 is 4.74 Å². The van der Waals surface area contributed by atoms with E-state index in [0.717, 1.165) is 16.5 Å². The molecule has 0 amide bonds. The van der Waals surface area contributed by atoms with Gasteiger partial charge in [0.2, 0.25) is 5.88 Å². The van der Waals surface area contributed by atoms with E-state index in [-0.39, 0.29) is 0 Å². The molecule has 0 saturated heterocycles. The first kappa shape index (κ1) is 13.5. The maximum Gasteiger partial charge on any atom is 0.219 e. The molecule has 0 radical (unpaired) electrons. The number of hydrogen-bond donors (Lipinski definition) is 0. The topological polar surface area (TPSA) is 22.1 Å². The Morgan fingerprint density at radius 2 is 1.35 bits per heavy atom. The SMILES string of the molecule is c1ccc(Oc2cc3cc(-c4ccccc4)ccc3cn2)cc1. The summed E-state index contributed by atoms with van der Waals surface area (Å²) in [7, 11) is 0. The molecule has 1 aromatic heterocycles. The average molecular weight is 297 g/mol. The predicted octanol–water partition coefficient (Wildman–Crippen LogP) is 5.69. The van der Waals surface area contributed by atoms with Crippen molar-refractivity contribution in [1.29, 1.82) is 0 Å². The first-order valence-electron chi connectivity index (χ1n) is 7.57. The summed E-state index contributed by atoms with van der Waals surface area (Å²) in [5, 5.41) is 2.22. The molecule has 4 aromatic rings. The Bertz CT molecular complexity index is 933. The van der Waals surface area contributed by atoms with E-state index in [9.17, 15) is 0 Å². The normalized spacial score (nSPS) is 10.6. The van der Waals surface area contributed by atoms with Gasteiger partial charge in [0.05, 0.1) is 0 Å². The molecule has 0 bridgehead atoms. The lowest BCUT2D eigenvalue weighted by Crippen LogP contribution is -1.88. The standard InChI is InChI=1S/C21H15NO/c1-3-7-16(8-4-1)17-11-12-18-15-22-21(14-19(18)13-17)23-20-9-5-2-6-10-20/h1-15H. The van der Waals surface area contributed by atoms with Crippen LogP contribution in [0.2, 0.25) is 0 Å². The fraction of sp³-hybridized carbons (Fsp3) is 0. The molecule has 110 valence electrons. The van der Waals surface area contributed by atoms with Crippen molar-refractivity contribution in [3.63, 3.8) is 0 Å². The van der Waals surface area contributed by atoms with Gasteiger partial charge in [-0.1, -0.05) is 60.7 Å². The summed E-state index contributed by atoms with van der Waals surface area (Å²) >= 11 is 0. The molecule has 0 aliphatic rings. The van der Waals surface area contributed by atoms with Crippen molar-refractivity contribution >= 4 is 10.8 Å². The highest BCUT2D eigenvalue weighted by Gasteiger charge is 2.03. The summed E-state index contributed by atoms with van der Waals surface area (Å²) in [5.74, 6) is 1.40. The van der Waals surface area contributed by atoms with Gasteiger partial charge in [-0.2, -0.15) is 0 Å². The van der Waals surface area contributed by atoms with Crippen molar-refractivity contribution in [3.05, 3.63) is 91.1 Å². The minimum atomic E-state index is 0.605. The van der Waals surface area contributed by atoms with Gasteiger partial charge in [0.1, 0.15) is 5.75 Å².